The molecular weight excluding hydrogens is 461 g/mol. The Hall–Kier alpha value is -2.82. The van der Waals surface area contributed by atoms with Crippen molar-refractivity contribution in [3.05, 3.63) is 81.7 Å². The molecule has 0 spiro atoms. The summed E-state index contributed by atoms with van der Waals surface area (Å²) in [6.45, 7) is -0.948. The quantitative estimate of drug-likeness (QED) is 0.434. The molecule has 0 saturated carbocycles. The summed E-state index contributed by atoms with van der Waals surface area (Å²) in [4.78, 5) is 3.91. The van der Waals surface area contributed by atoms with Gasteiger partial charge in [0.1, 0.15) is 23.7 Å². The zero-order valence-electron chi connectivity index (χ0n) is 15.3. The second kappa shape index (κ2) is 7.70. The maximum absolute atomic E-state index is 15.8. The maximum Gasteiger partial charge on any atom is 0.323 e. The number of halogens is 6. The van der Waals surface area contributed by atoms with E-state index in [4.69, 9.17) is 23.2 Å². The second-order valence-corrected chi connectivity index (χ2v) is 7.48. The van der Waals surface area contributed by atoms with Crippen LogP contribution in [-0.2, 0) is 18.1 Å². The van der Waals surface area contributed by atoms with E-state index in [0.29, 0.717) is 11.5 Å². The van der Waals surface area contributed by atoms with Crippen LogP contribution in [0.1, 0.15) is 11.3 Å². The molecule has 2 aromatic heterocycles. The van der Waals surface area contributed by atoms with Crippen LogP contribution in [0.4, 0.5) is 17.6 Å². The number of fused-ring (bicyclic) bond motifs is 1. The van der Waals surface area contributed by atoms with Gasteiger partial charge in [-0.25, -0.2) is 18.4 Å². The number of pyridine rings is 1. The predicted molar refractivity (Wildman–Crippen MR) is 104 cm³/mol. The highest BCUT2D eigenvalue weighted by atomic mass is 35.5. The van der Waals surface area contributed by atoms with Gasteiger partial charge >= 0.3 is 5.92 Å². The smallest absolute Gasteiger partial charge is 0.323 e. The third-order valence-corrected chi connectivity index (χ3v) is 5.58. The first-order chi connectivity index (χ1) is 14.6. The standard InChI is InChI=1S/C19H11Cl2F4N5O/c20-13-4-5-15-11(17(13)21)2-6-16(27-15)19(24,25)18(31,8-30-9-26-28-29-30)12-3-1-10(22)7-14(12)23/h1-7,9,31H,8H2. The predicted octanol–water partition coefficient (Wildman–Crippen LogP) is 4.49. The Morgan fingerprint density at radius 3 is 2.48 bits per heavy atom. The number of hydrogen-bond donors (Lipinski definition) is 1. The summed E-state index contributed by atoms with van der Waals surface area (Å²) in [6.07, 6.45) is 0.970. The average Bonchev–Trinajstić information content (AvgIpc) is 3.23. The number of tetrazole rings is 1. The van der Waals surface area contributed by atoms with Gasteiger partial charge in [0.15, 0.2) is 5.60 Å². The molecule has 0 aliphatic rings. The molecule has 0 aliphatic carbocycles. The minimum absolute atomic E-state index is 0.0796. The molecule has 0 amide bonds. The van der Waals surface area contributed by atoms with Crippen LogP contribution < -0.4 is 0 Å². The fourth-order valence-electron chi connectivity index (χ4n) is 3.19. The molecule has 1 atom stereocenters. The van der Waals surface area contributed by atoms with Crippen molar-refractivity contribution >= 4 is 34.1 Å². The normalized spacial score (nSPS) is 14.0. The van der Waals surface area contributed by atoms with E-state index < -0.39 is 41.0 Å². The molecule has 6 nitrogen and oxygen atoms in total. The molecule has 1 unspecified atom stereocenters. The number of nitrogens with zero attached hydrogens (tertiary/aromatic N) is 5. The Balaban J connectivity index is 1.91. The lowest BCUT2D eigenvalue weighted by Gasteiger charge is -2.35. The van der Waals surface area contributed by atoms with E-state index in [9.17, 15) is 13.9 Å². The topological polar surface area (TPSA) is 76.7 Å². The van der Waals surface area contributed by atoms with Crippen LogP contribution in [0.5, 0.6) is 0 Å². The molecule has 0 aliphatic heterocycles. The number of rotatable bonds is 5. The SMILES string of the molecule is OC(Cn1cnnn1)(c1ccc(F)cc1F)C(F)(F)c1ccc2c(Cl)c(Cl)ccc2n1. The third-order valence-electron chi connectivity index (χ3n) is 4.76. The van der Waals surface area contributed by atoms with Crippen molar-refractivity contribution in [1.82, 2.24) is 25.2 Å². The van der Waals surface area contributed by atoms with E-state index in [-0.39, 0.29) is 15.6 Å². The van der Waals surface area contributed by atoms with Crippen LogP contribution in [0.2, 0.25) is 10.0 Å². The minimum Gasteiger partial charge on any atom is -0.377 e. The van der Waals surface area contributed by atoms with Gasteiger partial charge in [0.2, 0.25) is 0 Å². The average molecular weight is 472 g/mol. The molecule has 2 heterocycles. The molecule has 0 bridgehead atoms. The molecule has 0 radical (unpaired) electrons. The molecule has 4 rings (SSSR count). The summed E-state index contributed by atoms with van der Waals surface area (Å²) in [7, 11) is 0. The number of benzene rings is 2. The van der Waals surface area contributed by atoms with Crippen molar-refractivity contribution < 1.29 is 22.7 Å². The second-order valence-electron chi connectivity index (χ2n) is 6.69. The summed E-state index contributed by atoms with van der Waals surface area (Å²) in [6, 6.07) is 6.85. The van der Waals surface area contributed by atoms with E-state index in [1.54, 1.807) is 0 Å². The molecule has 0 fully saturated rings. The first-order valence-electron chi connectivity index (χ1n) is 8.65. The Kier molecular flexibility index (Phi) is 5.32. The van der Waals surface area contributed by atoms with Gasteiger partial charge in [-0.05, 0) is 46.8 Å². The van der Waals surface area contributed by atoms with E-state index in [2.05, 4.69) is 20.5 Å². The van der Waals surface area contributed by atoms with Crippen molar-refractivity contribution in [2.45, 2.75) is 18.1 Å². The van der Waals surface area contributed by atoms with Crippen molar-refractivity contribution in [2.75, 3.05) is 0 Å². The highest BCUT2D eigenvalue weighted by Gasteiger charge is 2.58. The van der Waals surface area contributed by atoms with Crippen LogP contribution in [0.25, 0.3) is 10.9 Å². The van der Waals surface area contributed by atoms with Gasteiger partial charge in [0.05, 0.1) is 22.1 Å². The highest BCUT2D eigenvalue weighted by Crippen LogP contribution is 2.47. The van der Waals surface area contributed by atoms with Crippen LogP contribution in [-0.4, -0.2) is 30.3 Å². The summed E-state index contributed by atoms with van der Waals surface area (Å²) in [5, 5.41) is 21.9. The van der Waals surface area contributed by atoms with Crippen molar-refractivity contribution in [1.29, 1.82) is 0 Å². The number of hydrogen-bond acceptors (Lipinski definition) is 5. The van der Waals surface area contributed by atoms with Gasteiger partial charge in [0, 0.05) is 17.0 Å². The monoisotopic (exact) mass is 471 g/mol. The zero-order valence-corrected chi connectivity index (χ0v) is 16.8. The van der Waals surface area contributed by atoms with Crippen LogP contribution in [0, 0.1) is 11.6 Å². The van der Waals surface area contributed by atoms with Gasteiger partial charge in [0.25, 0.3) is 0 Å². The molecule has 1 N–H and O–H groups in total. The van der Waals surface area contributed by atoms with Gasteiger partial charge in [-0.15, -0.1) is 5.10 Å². The Morgan fingerprint density at radius 2 is 1.81 bits per heavy atom. The third kappa shape index (κ3) is 3.60. The molecule has 160 valence electrons. The van der Waals surface area contributed by atoms with Gasteiger partial charge in [-0.1, -0.05) is 23.2 Å². The van der Waals surface area contributed by atoms with Crippen molar-refractivity contribution in [2.24, 2.45) is 0 Å². The number of alkyl halides is 2. The number of aliphatic hydroxyl groups is 1. The minimum atomic E-state index is -4.17. The fourth-order valence-corrected chi connectivity index (χ4v) is 3.58. The van der Waals surface area contributed by atoms with Gasteiger partial charge < -0.3 is 5.11 Å². The maximum atomic E-state index is 15.8. The Bertz CT molecular complexity index is 1270. The van der Waals surface area contributed by atoms with Crippen LogP contribution in [0.3, 0.4) is 0 Å². The van der Waals surface area contributed by atoms with E-state index in [1.165, 1.54) is 18.2 Å². The molecule has 12 heteroatoms. The molecular formula is C19H11Cl2F4N5O. The Morgan fingerprint density at radius 1 is 1.03 bits per heavy atom. The largest absolute Gasteiger partial charge is 0.377 e. The lowest BCUT2D eigenvalue weighted by atomic mass is 9.84. The summed E-state index contributed by atoms with van der Waals surface area (Å²) in [5.74, 6) is -6.53. The van der Waals surface area contributed by atoms with Crippen molar-refractivity contribution in [3.8, 4) is 0 Å². The highest BCUT2D eigenvalue weighted by molar-refractivity contribution is 6.45. The van der Waals surface area contributed by atoms with Crippen molar-refractivity contribution in [3.63, 3.8) is 0 Å². The summed E-state index contributed by atoms with van der Waals surface area (Å²) in [5.41, 5.74) is -4.88. The fraction of sp³-hybridized carbons (Fsp3) is 0.158. The first-order valence-corrected chi connectivity index (χ1v) is 9.41. The summed E-state index contributed by atoms with van der Waals surface area (Å²) < 4.78 is 60.2. The lowest BCUT2D eigenvalue weighted by Crippen LogP contribution is -2.48. The zero-order chi connectivity index (χ0) is 22.4. The molecule has 31 heavy (non-hydrogen) atoms. The first kappa shape index (κ1) is 21.4. The molecule has 0 saturated heterocycles. The van der Waals surface area contributed by atoms with Gasteiger partial charge in [-0.3, -0.25) is 0 Å². The molecule has 2 aromatic carbocycles. The van der Waals surface area contributed by atoms with E-state index in [1.807, 2.05) is 0 Å². The van der Waals surface area contributed by atoms with Crippen LogP contribution in [0.15, 0.2) is 48.8 Å². The molecule has 4 aromatic rings. The van der Waals surface area contributed by atoms with Crippen LogP contribution >= 0.6 is 23.2 Å². The van der Waals surface area contributed by atoms with E-state index >= 15 is 8.78 Å². The van der Waals surface area contributed by atoms with E-state index in [0.717, 1.165) is 29.2 Å². The Labute approximate surface area is 182 Å². The number of aromatic nitrogens is 5. The lowest BCUT2D eigenvalue weighted by molar-refractivity contribution is -0.207. The van der Waals surface area contributed by atoms with Gasteiger partial charge in [-0.2, -0.15) is 8.78 Å². The summed E-state index contributed by atoms with van der Waals surface area (Å²) >= 11 is 12.0.